The molecule has 7 nitrogen and oxygen atoms in total. The molecule has 1 amide bonds. The second-order valence-corrected chi connectivity index (χ2v) is 8.62. The first-order valence-electron chi connectivity index (χ1n) is 11.1. The third-order valence-corrected chi connectivity index (χ3v) is 6.25. The average molecular weight is 480 g/mol. The number of carbonyl (C=O) groups is 1. The predicted molar refractivity (Wildman–Crippen MR) is 121 cm³/mol. The van der Waals surface area contributed by atoms with Crippen molar-refractivity contribution in [2.24, 2.45) is 0 Å². The zero-order chi connectivity index (χ0) is 24.2. The molecule has 1 atom stereocenters. The van der Waals surface area contributed by atoms with E-state index in [9.17, 15) is 18.0 Å². The molecule has 2 aliphatic rings. The van der Waals surface area contributed by atoms with Crippen molar-refractivity contribution in [2.45, 2.75) is 31.4 Å². The van der Waals surface area contributed by atoms with E-state index in [1.165, 1.54) is 6.07 Å². The van der Waals surface area contributed by atoms with Crippen LogP contribution in [0.15, 0.2) is 48.7 Å². The Morgan fingerprint density at radius 1 is 1.09 bits per heavy atom. The molecule has 0 spiro atoms. The van der Waals surface area contributed by atoms with Gasteiger partial charge in [0.05, 0.1) is 29.1 Å². The number of nitrogens with zero attached hydrogens (tertiary/aromatic N) is 2. The molecule has 2 N–H and O–H groups in total. The van der Waals surface area contributed by atoms with Gasteiger partial charge in [-0.05, 0) is 60.9 Å². The lowest BCUT2D eigenvalue weighted by atomic mass is 9.96. The number of halogens is 3. The Hall–Kier alpha value is -4.08. The van der Waals surface area contributed by atoms with E-state index in [-0.39, 0.29) is 11.8 Å². The molecule has 2 aliphatic heterocycles. The number of ether oxygens (including phenoxy) is 2. The zero-order valence-electron chi connectivity index (χ0n) is 18.3. The number of aromatic amines is 1. The summed E-state index contributed by atoms with van der Waals surface area (Å²) in [5.41, 5.74) is 1.86. The molecule has 2 aromatic carbocycles. The molecule has 2 aromatic heterocycles. The van der Waals surface area contributed by atoms with Crippen molar-refractivity contribution >= 4 is 22.8 Å². The van der Waals surface area contributed by atoms with Gasteiger partial charge in [0, 0.05) is 18.2 Å². The van der Waals surface area contributed by atoms with E-state index < -0.39 is 11.7 Å². The number of rotatable bonds is 3. The Labute approximate surface area is 197 Å². The maximum Gasteiger partial charge on any atom is 0.416 e. The van der Waals surface area contributed by atoms with Gasteiger partial charge in [0.1, 0.15) is 28.9 Å². The summed E-state index contributed by atoms with van der Waals surface area (Å²) in [5, 5.41) is 2.76. The fourth-order valence-corrected chi connectivity index (χ4v) is 4.49. The molecule has 10 heteroatoms. The summed E-state index contributed by atoms with van der Waals surface area (Å²) < 4.78 is 51.2. The first-order chi connectivity index (χ1) is 16.8. The molecule has 0 saturated carbocycles. The minimum atomic E-state index is -4.41. The fourth-order valence-electron chi connectivity index (χ4n) is 4.49. The van der Waals surface area contributed by atoms with Crippen molar-refractivity contribution < 1.29 is 27.4 Å². The minimum Gasteiger partial charge on any atom is -0.493 e. The number of imidazole rings is 1. The Morgan fingerprint density at radius 2 is 1.97 bits per heavy atom. The van der Waals surface area contributed by atoms with Gasteiger partial charge in [-0.3, -0.25) is 4.79 Å². The largest absolute Gasteiger partial charge is 0.493 e. The molecule has 0 saturated heterocycles. The molecule has 1 unspecified atom stereocenters. The van der Waals surface area contributed by atoms with Crippen molar-refractivity contribution in [3.63, 3.8) is 0 Å². The lowest BCUT2D eigenvalue weighted by molar-refractivity contribution is -0.137. The van der Waals surface area contributed by atoms with Crippen LogP contribution in [0.25, 0.3) is 11.0 Å². The molecule has 6 rings (SSSR count). The van der Waals surface area contributed by atoms with Gasteiger partial charge in [-0.15, -0.1) is 0 Å². The van der Waals surface area contributed by atoms with Gasteiger partial charge in [-0.1, -0.05) is 0 Å². The summed E-state index contributed by atoms with van der Waals surface area (Å²) in [6, 6.07) is 10.8. The maximum atomic E-state index is 13.1. The van der Waals surface area contributed by atoms with Gasteiger partial charge in [0.2, 0.25) is 5.91 Å². The Balaban J connectivity index is 1.25. The van der Waals surface area contributed by atoms with Crippen LogP contribution in [0.2, 0.25) is 0 Å². The van der Waals surface area contributed by atoms with Crippen molar-refractivity contribution in [3.05, 3.63) is 71.2 Å². The van der Waals surface area contributed by atoms with Gasteiger partial charge < -0.3 is 19.8 Å². The van der Waals surface area contributed by atoms with E-state index in [1.807, 2.05) is 18.2 Å². The third kappa shape index (κ3) is 4.05. The highest BCUT2D eigenvalue weighted by atomic mass is 19.4. The Kier molecular flexibility index (Phi) is 4.91. The summed E-state index contributed by atoms with van der Waals surface area (Å²) in [6.45, 7) is 0.358. The lowest BCUT2D eigenvalue weighted by Gasteiger charge is -2.25. The van der Waals surface area contributed by atoms with Crippen LogP contribution >= 0.6 is 0 Å². The van der Waals surface area contributed by atoms with Crippen LogP contribution in [0.4, 0.5) is 19.0 Å². The molecule has 0 fully saturated rings. The SMILES string of the molecule is O=C1CCc2c(Oc3ccc4c(c3)CC(c3nc5ccc(C(F)(F)F)cc5[nH]3)CO4)ccnc2N1. The van der Waals surface area contributed by atoms with E-state index in [0.717, 1.165) is 29.0 Å². The van der Waals surface area contributed by atoms with Gasteiger partial charge >= 0.3 is 6.18 Å². The number of anilines is 1. The highest BCUT2D eigenvalue weighted by molar-refractivity contribution is 5.93. The van der Waals surface area contributed by atoms with Crippen LogP contribution in [-0.4, -0.2) is 27.5 Å². The standard InChI is InChI=1S/C25H19F3N4O3/c26-25(27,28)15-1-4-18-19(11-15)31-23(30-18)14-9-13-10-16(2-5-20(13)34-12-14)35-21-7-8-29-24-17(21)3-6-22(33)32-24/h1-2,4-5,7-8,10-11,14H,3,6,9,12H2,(H,30,31)(H,29,32,33). The Bertz CT molecular complexity index is 1460. The normalized spacial score (nSPS) is 17.3. The number of fused-ring (bicyclic) bond motifs is 3. The fraction of sp³-hybridized carbons (Fsp3) is 0.240. The monoisotopic (exact) mass is 480 g/mol. The van der Waals surface area contributed by atoms with Crippen LogP contribution in [0, 0.1) is 0 Å². The minimum absolute atomic E-state index is 0.0701. The number of carbonyl (C=O) groups excluding carboxylic acids is 1. The predicted octanol–water partition coefficient (Wildman–Crippen LogP) is 5.37. The number of pyridine rings is 1. The summed E-state index contributed by atoms with van der Waals surface area (Å²) in [5.74, 6) is 2.84. The quantitative estimate of drug-likeness (QED) is 0.412. The molecule has 4 aromatic rings. The smallest absolute Gasteiger partial charge is 0.416 e. The van der Waals surface area contributed by atoms with E-state index >= 15 is 0 Å². The van der Waals surface area contributed by atoms with Crippen LogP contribution in [0.3, 0.4) is 0 Å². The van der Waals surface area contributed by atoms with Crippen LogP contribution in [0.1, 0.15) is 34.9 Å². The van der Waals surface area contributed by atoms with Gasteiger partial charge in [-0.2, -0.15) is 13.2 Å². The lowest BCUT2D eigenvalue weighted by Crippen LogP contribution is -2.20. The molecule has 0 aliphatic carbocycles. The van der Waals surface area contributed by atoms with Crippen molar-refractivity contribution in [3.8, 4) is 17.2 Å². The maximum absolute atomic E-state index is 13.1. The number of H-pyrrole nitrogens is 1. The van der Waals surface area contributed by atoms with Crippen LogP contribution in [0.5, 0.6) is 17.2 Å². The molecule has 0 radical (unpaired) electrons. The number of aromatic nitrogens is 3. The number of hydrogen-bond acceptors (Lipinski definition) is 5. The highest BCUT2D eigenvalue weighted by Crippen LogP contribution is 2.38. The zero-order valence-corrected chi connectivity index (χ0v) is 18.3. The second-order valence-electron chi connectivity index (χ2n) is 8.62. The molecule has 35 heavy (non-hydrogen) atoms. The first kappa shape index (κ1) is 21.5. The van der Waals surface area contributed by atoms with Gasteiger partial charge in [0.25, 0.3) is 0 Å². The van der Waals surface area contributed by atoms with E-state index in [2.05, 4.69) is 20.3 Å². The number of alkyl halides is 3. The number of nitrogens with one attached hydrogen (secondary N) is 2. The molecular weight excluding hydrogens is 461 g/mol. The van der Waals surface area contributed by atoms with E-state index in [0.29, 0.717) is 60.0 Å². The molecule has 178 valence electrons. The number of benzene rings is 2. The summed E-state index contributed by atoms with van der Waals surface area (Å²) >= 11 is 0. The summed E-state index contributed by atoms with van der Waals surface area (Å²) in [7, 11) is 0. The van der Waals surface area contributed by atoms with E-state index in [4.69, 9.17) is 9.47 Å². The van der Waals surface area contributed by atoms with Crippen molar-refractivity contribution in [1.82, 2.24) is 15.0 Å². The number of hydrogen-bond donors (Lipinski definition) is 2. The topological polar surface area (TPSA) is 89.1 Å². The van der Waals surface area contributed by atoms with E-state index in [1.54, 1.807) is 12.3 Å². The van der Waals surface area contributed by atoms with Crippen LogP contribution in [-0.2, 0) is 23.8 Å². The Morgan fingerprint density at radius 3 is 2.83 bits per heavy atom. The number of amides is 1. The molecule has 0 bridgehead atoms. The third-order valence-electron chi connectivity index (χ3n) is 6.25. The van der Waals surface area contributed by atoms with Gasteiger partial charge in [0.15, 0.2) is 0 Å². The highest BCUT2D eigenvalue weighted by Gasteiger charge is 2.31. The van der Waals surface area contributed by atoms with Crippen molar-refractivity contribution in [2.75, 3.05) is 11.9 Å². The second kappa shape index (κ2) is 8.00. The van der Waals surface area contributed by atoms with Crippen molar-refractivity contribution in [1.29, 1.82) is 0 Å². The summed E-state index contributed by atoms with van der Waals surface area (Å²) in [4.78, 5) is 23.4. The average Bonchev–Trinajstić information content (AvgIpc) is 3.27. The van der Waals surface area contributed by atoms with Gasteiger partial charge in [-0.25, -0.2) is 9.97 Å². The first-order valence-corrected chi connectivity index (χ1v) is 11.1. The molecule has 4 heterocycles. The summed E-state index contributed by atoms with van der Waals surface area (Å²) in [6.07, 6.45) is -1.33. The van der Waals surface area contributed by atoms with Crippen LogP contribution < -0.4 is 14.8 Å². The molecular formula is C25H19F3N4O3.